The van der Waals surface area contributed by atoms with Gasteiger partial charge >= 0.3 is 0 Å². The zero-order chi connectivity index (χ0) is 21.7. The fourth-order valence-corrected chi connectivity index (χ4v) is 2.41. The van der Waals surface area contributed by atoms with Crippen molar-refractivity contribution < 1.29 is 19.1 Å². The van der Waals surface area contributed by atoms with Gasteiger partial charge in [-0.3, -0.25) is 9.59 Å². The molecule has 1 heterocycles. The maximum absolute atomic E-state index is 11.6. The lowest BCUT2D eigenvalue weighted by Gasteiger charge is -2.12. The van der Waals surface area contributed by atoms with E-state index in [4.69, 9.17) is 20.5 Å². The van der Waals surface area contributed by atoms with Crippen LogP contribution in [-0.2, 0) is 4.79 Å². The molecular weight excluding hydrogens is 384 g/mol. The average Bonchev–Trinajstić information content (AvgIpc) is 2.74. The molecule has 0 saturated carbocycles. The number of benzene rings is 2. The lowest BCUT2D eigenvalue weighted by Crippen LogP contribution is -2.22. The highest BCUT2D eigenvalue weighted by Gasteiger charge is 2.15. The summed E-state index contributed by atoms with van der Waals surface area (Å²) in [7, 11) is 0. The largest absolute Gasteiger partial charge is 0.467 e. The van der Waals surface area contributed by atoms with Crippen molar-refractivity contribution in [2.75, 3.05) is 0 Å². The summed E-state index contributed by atoms with van der Waals surface area (Å²) >= 11 is 0. The van der Waals surface area contributed by atoms with Gasteiger partial charge in [0.15, 0.2) is 17.7 Å². The van der Waals surface area contributed by atoms with Gasteiger partial charge in [0.05, 0.1) is 11.6 Å². The SMILES string of the molecule is CC(=O)[C@H](C)Oc1cc(C(N)=O)nc(-c2ccc(Oc3ccc(C#N)cc3)cc2)n1. The minimum absolute atomic E-state index is 0.0244. The molecule has 1 amide bonds. The predicted octanol–water partition coefficient (Wildman–Crippen LogP) is 3.26. The molecule has 8 nitrogen and oxygen atoms in total. The van der Waals surface area contributed by atoms with Gasteiger partial charge in [0, 0.05) is 11.6 Å². The van der Waals surface area contributed by atoms with Crippen LogP contribution in [0.2, 0.25) is 0 Å². The molecular formula is C22H18N4O4. The normalized spacial score (nSPS) is 11.2. The summed E-state index contributed by atoms with van der Waals surface area (Å²) in [4.78, 5) is 31.5. The van der Waals surface area contributed by atoms with Gasteiger partial charge in [-0.15, -0.1) is 0 Å². The fraction of sp³-hybridized carbons (Fsp3) is 0.136. The van der Waals surface area contributed by atoms with Gasteiger partial charge in [-0.1, -0.05) is 0 Å². The number of rotatable bonds is 7. The number of aromatic nitrogens is 2. The molecule has 0 aliphatic rings. The lowest BCUT2D eigenvalue weighted by atomic mass is 10.2. The Morgan fingerprint density at radius 1 is 1.03 bits per heavy atom. The van der Waals surface area contributed by atoms with Crippen LogP contribution >= 0.6 is 0 Å². The molecule has 3 rings (SSSR count). The fourth-order valence-electron chi connectivity index (χ4n) is 2.41. The van der Waals surface area contributed by atoms with Crippen LogP contribution in [-0.4, -0.2) is 27.8 Å². The van der Waals surface area contributed by atoms with E-state index in [0.717, 1.165) is 0 Å². The minimum Gasteiger partial charge on any atom is -0.467 e. The first-order valence-corrected chi connectivity index (χ1v) is 9.00. The first-order chi connectivity index (χ1) is 14.4. The number of hydrogen-bond acceptors (Lipinski definition) is 7. The molecule has 0 radical (unpaired) electrons. The molecule has 3 aromatic rings. The molecule has 0 aliphatic heterocycles. The Kier molecular flexibility index (Phi) is 6.03. The highest BCUT2D eigenvalue weighted by Crippen LogP contribution is 2.26. The van der Waals surface area contributed by atoms with Crippen molar-refractivity contribution in [3.05, 3.63) is 65.9 Å². The molecule has 8 heteroatoms. The van der Waals surface area contributed by atoms with Crippen LogP contribution in [0.4, 0.5) is 0 Å². The molecule has 1 aromatic heterocycles. The van der Waals surface area contributed by atoms with Crippen molar-refractivity contribution in [2.24, 2.45) is 5.73 Å². The molecule has 0 spiro atoms. The Labute approximate surface area is 172 Å². The Hall–Kier alpha value is -4.25. The third-order valence-corrected chi connectivity index (χ3v) is 4.16. The van der Waals surface area contributed by atoms with Crippen LogP contribution in [0.3, 0.4) is 0 Å². The van der Waals surface area contributed by atoms with Gasteiger partial charge in [-0.25, -0.2) is 4.98 Å². The molecule has 0 saturated heterocycles. The van der Waals surface area contributed by atoms with E-state index in [1.54, 1.807) is 55.5 Å². The van der Waals surface area contributed by atoms with Crippen LogP contribution in [0, 0.1) is 11.3 Å². The zero-order valence-electron chi connectivity index (χ0n) is 16.3. The first kappa shape index (κ1) is 20.5. The Morgan fingerprint density at radius 3 is 2.17 bits per heavy atom. The number of amides is 1. The second kappa shape index (κ2) is 8.84. The third kappa shape index (κ3) is 4.97. The lowest BCUT2D eigenvalue weighted by molar-refractivity contribution is -0.123. The molecule has 2 aromatic carbocycles. The van der Waals surface area contributed by atoms with Gasteiger partial charge in [-0.2, -0.15) is 10.2 Å². The van der Waals surface area contributed by atoms with Crippen LogP contribution < -0.4 is 15.2 Å². The monoisotopic (exact) mass is 402 g/mol. The molecule has 150 valence electrons. The number of carbonyl (C=O) groups excluding carboxylic acids is 2. The van der Waals surface area contributed by atoms with Crippen molar-refractivity contribution in [3.63, 3.8) is 0 Å². The summed E-state index contributed by atoms with van der Waals surface area (Å²) in [5.41, 5.74) is 6.48. The van der Waals surface area contributed by atoms with E-state index in [2.05, 4.69) is 9.97 Å². The number of ether oxygens (including phenoxy) is 2. The van der Waals surface area contributed by atoms with Gasteiger partial charge in [0.1, 0.15) is 17.2 Å². The van der Waals surface area contributed by atoms with Gasteiger partial charge < -0.3 is 15.2 Å². The summed E-state index contributed by atoms with van der Waals surface area (Å²) in [6.07, 6.45) is -0.725. The first-order valence-electron chi connectivity index (χ1n) is 9.00. The van der Waals surface area contributed by atoms with E-state index in [0.29, 0.717) is 22.6 Å². The average molecular weight is 402 g/mol. The molecule has 0 fully saturated rings. The second-order valence-electron chi connectivity index (χ2n) is 6.41. The summed E-state index contributed by atoms with van der Waals surface area (Å²) in [6.45, 7) is 2.98. The molecule has 0 bridgehead atoms. The minimum atomic E-state index is -0.736. The Bertz CT molecular complexity index is 1120. The number of primary amides is 1. The van der Waals surface area contributed by atoms with Crippen LogP contribution in [0.25, 0.3) is 11.4 Å². The maximum Gasteiger partial charge on any atom is 0.267 e. The van der Waals surface area contributed by atoms with Crippen LogP contribution in [0.5, 0.6) is 17.4 Å². The van der Waals surface area contributed by atoms with Crippen molar-refractivity contribution in [2.45, 2.75) is 20.0 Å². The molecule has 0 unspecified atom stereocenters. The smallest absolute Gasteiger partial charge is 0.267 e. The van der Waals surface area contributed by atoms with Crippen molar-refractivity contribution >= 4 is 11.7 Å². The number of hydrogen-bond donors (Lipinski definition) is 1. The van der Waals surface area contributed by atoms with E-state index < -0.39 is 12.0 Å². The maximum atomic E-state index is 11.6. The third-order valence-electron chi connectivity index (χ3n) is 4.16. The Morgan fingerprint density at radius 2 is 1.63 bits per heavy atom. The number of nitrogens with zero attached hydrogens (tertiary/aromatic N) is 3. The Balaban J connectivity index is 1.85. The predicted molar refractivity (Wildman–Crippen MR) is 108 cm³/mol. The van der Waals surface area contributed by atoms with Gasteiger partial charge in [-0.05, 0) is 62.4 Å². The zero-order valence-corrected chi connectivity index (χ0v) is 16.3. The van der Waals surface area contributed by atoms with Crippen LogP contribution in [0.1, 0.15) is 29.9 Å². The number of ketones is 1. The van der Waals surface area contributed by atoms with Crippen molar-refractivity contribution in [1.82, 2.24) is 9.97 Å². The van der Waals surface area contributed by atoms with Crippen LogP contribution in [0.15, 0.2) is 54.6 Å². The highest BCUT2D eigenvalue weighted by atomic mass is 16.5. The quantitative estimate of drug-likeness (QED) is 0.642. The molecule has 1 atom stereocenters. The van der Waals surface area contributed by atoms with E-state index in [-0.39, 0.29) is 23.2 Å². The second-order valence-corrected chi connectivity index (χ2v) is 6.41. The van der Waals surface area contributed by atoms with E-state index in [9.17, 15) is 9.59 Å². The molecule has 2 N–H and O–H groups in total. The van der Waals surface area contributed by atoms with Crippen molar-refractivity contribution in [3.8, 4) is 34.8 Å². The summed E-state index contributed by atoms with van der Waals surface area (Å²) in [6, 6.07) is 16.9. The van der Waals surface area contributed by atoms with E-state index >= 15 is 0 Å². The van der Waals surface area contributed by atoms with E-state index in [1.807, 2.05) is 6.07 Å². The summed E-state index contributed by atoms with van der Waals surface area (Å²) in [5, 5.41) is 8.85. The topological polar surface area (TPSA) is 128 Å². The summed E-state index contributed by atoms with van der Waals surface area (Å²) in [5.74, 6) is 0.537. The number of carbonyl (C=O) groups is 2. The highest BCUT2D eigenvalue weighted by molar-refractivity contribution is 5.91. The number of nitrogens with two attached hydrogens (primary N) is 1. The van der Waals surface area contributed by atoms with E-state index in [1.165, 1.54) is 13.0 Å². The number of nitriles is 1. The van der Waals surface area contributed by atoms with Gasteiger partial charge in [0.2, 0.25) is 5.88 Å². The van der Waals surface area contributed by atoms with Gasteiger partial charge in [0.25, 0.3) is 5.91 Å². The molecule has 0 aliphatic carbocycles. The number of Topliss-reactive ketones (excluding diaryl/α,β-unsaturated/α-hetero) is 1. The molecule has 30 heavy (non-hydrogen) atoms. The standard InChI is InChI=1S/C22H18N4O4/c1-13(27)14(2)29-20-11-19(21(24)28)25-22(26-20)16-5-9-18(10-6-16)30-17-7-3-15(12-23)4-8-17/h3-11,14H,1-2H3,(H2,24,28)/t14-/m0/s1. The van der Waals surface area contributed by atoms with Crippen molar-refractivity contribution in [1.29, 1.82) is 5.26 Å². The summed E-state index contributed by atoms with van der Waals surface area (Å²) < 4.78 is 11.2.